The summed E-state index contributed by atoms with van der Waals surface area (Å²) in [5.41, 5.74) is 0.321. The highest BCUT2D eigenvalue weighted by Crippen LogP contribution is 2.18. The Morgan fingerprint density at radius 1 is 1.33 bits per heavy atom. The third kappa shape index (κ3) is 2.74. The quantitative estimate of drug-likeness (QED) is 0.600. The minimum Gasteiger partial charge on any atom is -0.300 e. The van der Waals surface area contributed by atoms with Crippen LogP contribution in [0.15, 0.2) is 12.1 Å². The molecule has 1 N–H and O–H groups in total. The molecule has 0 spiro atoms. The van der Waals surface area contributed by atoms with Crippen LogP contribution >= 0.6 is 0 Å². The largest absolute Gasteiger partial charge is 0.300 e. The molecule has 1 nitrogen and oxygen atoms in total. The van der Waals surface area contributed by atoms with Crippen molar-refractivity contribution in [2.75, 3.05) is 6.54 Å². The van der Waals surface area contributed by atoms with E-state index in [0.29, 0.717) is 5.56 Å². The molecule has 1 rings (SSSR count). The summed E-state index contributed by atoms with van der Waals surface area (Å²) in [6.07, 6.45) is 5.02. The average Bonchev–Trinajstić information content (AvgIpc) is 2.21. The van der Waals surface area contributed by atoms with Crippen LogP contribution in [0.25, 0.3) is 0 Å². The van der Waals surface area contributed by atoms with Crippen LogP contribution in [0.5, 0.6) is 0 Å². The number of halogens is 3. The van der Waals surface area contributed by atoms with E-state index in [0.717, 1.165) is 12.1 Å². The van der Waals surface area contributed by atoms with Crippen LogP contribution in [0, 0.1) is 29.8 Å². The first-order valence-corrected chi connectivity index (χ1v) is 4.37. The van der Waals surface area contributed by atoms with E-state index in [4.69, 9.17) is 6.42 Å². The van der Waals surface area contributed by atoms with E-state index in [-0.39, 0.29) is 12.6 Å². The fourth-order valence-electron chi connectivity index (χ4n) is 1.15. The Bertz CT molecular complexity index is 372. The van der Waals surface area contributed by atoms with E-state index < -0.39 is 17.5 Å². The second-order valence-corrected chi connectivity index (χ2v) is 3.11. The number of hydrogen-bond donors (Lipinski definition) is 1. The summed E-state index contributed by atoms with van der Waals surface area (Å²) in [5.74, 6) is -1.51. The van der Waals surface area contributed by atoms with Gasteiger partial charge in [-0.3, -0.25) is 5.32 Å². The molecule has 0 bridgehead atoms. The molecule has 0 radical (unpaired) electrons. The molecule has 4 heteroatoms. The van der Waals surface area contributed by atoms with E-state index in [2.05, 4.69) is 11.2 Å². The summed E-state index contributed by atoms with van der Waals surface area (Å²) in [6, 6.07) is 1.57. The molecule has 1 unspecified atom stereocenters. The predicted molar refractivity (Wildman–Crippen MR) is 51.6 cm³/mol. The van der Waals surface area contributed by atoms with Gasteiger partial charge in [0.1, 0.15) is 0 Å². The minimum atomic E-state index is -1.46. The fourth-order valence-corrected chi connectivity index (χ4v) is 1.15. The van der Waals surface area contributed by atoms with Gasteiger partial charge >= 0.3 is 0 Å². The Morgan fingerprint density at radius 3 is 2.33 bits per heavy atom. The second-order valence-electron chi connectivity index (χ2n) is 3.11. The van der Waals surface area contributed by atoms with Gasteiger partial charge < -0.3 is 0 Å². The van der Waals surface area contributed by atoms with Crippen molar-refractivity contribution < 1.29 is 13.2 Å². The fraction of sp³-hybridized carbons (Fsp3) is 0.273. The summed E-state index contributed by atoms with van der Waals surface area (Å²) in [7, 11) is 0. The molecule has 0 heterocycles. The zero-order chi connectivity index (χ0) is 11.4. The molecule has 0 fully saturated rings. The molecule has 0 aliphatic carbocycles. The summed E-state index contributed by atoms with van der Waals surface area (Å²) >= 11 is 0. The number of terminal acetylenes is 1. The standard InChI is InChI=1S/C11H10F3N/c1-3-4-15-7(2)8-5-9(12)11(14)10(13)6-8/h1,5-7,15H,4H2,2H3. The van der Waals surface area contributed by atoms with Crippen molar-refractivity contribution in [1.82, 2.24) is 5.32 Å². The lowest BCUT2D eigenvalue weighted by Crippen LogP contribution is -2.19. The normalized spacial score (nSPS) is 12.2. The third-order valence-corrected chi connectivity index (χ3v) is 2.02. The van der Waals surface area contributed by atoms with Gasteiger partial charge in [0, 0.05) is 6.04 Å². The first kappa shape index (κ1) is 11.6. The molecule has 0 aliphatic heterocycles. The zero-order valence-corrected chi connectivity index (χ0v) is 8.15. The van der Waals surface area contributed by atoms with Crippen molar-refractivity contribution in [1.29, 1.82) is 0 Å². The lowest BCUT2D eigenvalue weighted by Gasteiger charge is -2.12. The molecule has 1 aromatic carbocycles. The summed E-state index contributed by atoms with van der Waals surface area (Å²) in [6.45, 7) is 1.96. The number of nitrogens with one attached hydrogen (secondary N) is 1. The number of hydrogen-bond acceptors (Lipinski definition) is 1. The van der Waals surface area contributed by atoms with E-state index in [1.807, 2.05) is 0 Å². The first-order valence-electron chi connectivity index (χ1n) is 4.37. The van der Waals surface area contributed by atoms with Gasteiger partial charge in [-0.15, -0.1) is 6.42 Å². The maximum atomic E-state index is 12.8. The molecule has 0 amide bonds. The smallest absolute Gasteiger partial charge is 0.194 e. The van der Waals surface area contributed by atoms with Crippen LogP contribution < -0.4 is 5.32 Å². The van der Waals surface area contributed by atoms with Gasteiger partial charge in [-0.05, 0) is 24.6 Å². The SMILES string of the molecule is C#CCNC(C)c1cc(F)c(F)c(F)c1. The molecule has 1 aromatic rings. The van der Waals surface area contributed by atoms with Crippen LogP contribution in [0.1, 0.15) is 18.5 Å². The maximum Gasteiger partial charge on any atom is 0.194 e. The van der Waals surface area contributed by atoms with Gasteiger partial charge in [-0.25, -0.2) is 13.2 Å². The van der Waals surface area contributed by atoms with E-state index in [9.17, 15) is 13.2 Å². The van der Waals surface area contributed by atoms with Gasteiger partial charge in [-0.1, -0.05) is 5.92 Å². The van der Waals surface area contributed by atoms with Crippen LogP contribution in [0.4, 0.5) is 13.2 Å². The second kappa shape index (κ2) is 4.85. The van der Waals surface area contributed by atoms with Crippen molar-refractivity contribution in [2.24, 2.45) is 0 Å². The van der Waals surface area contributed by atoms with Crippen molar-refractivity contribution in [3.63, 3.8) is 0 Å². The van der Waals surface area contributed by atoms with Crippen molar-refractivity contribution in [2.45, 2.75) is 13.0 Å². The van der Waals surface area contributed by atoms with Gasteiger partial charge in [0.05, 0.1) is 6.54 Å². The predicted octanol–water partition coefficient (Wildman–Crippen LogP) is 2.39. The first-order chi connectivity index (χ1) is 7.06. The molecule has 0 aromatic heterocycles. The van der Waals surface area contributed by atoms with Crippen molar-refractivity contribution in [3.05, 3.63) is 35.1 Å². The van der Waals surface area contributed by atoms with Gasteiger partial charge in [0.25, 0.3) is 0 Å². The highest BCUT2D eigenvalue weighted by Gasteiger charge is 2.13. The topological polar surface area (TPSA) is 12.0 Å². The molecule has 0 aliphatic rings. The van der Waals surface area contributed by atoms with Gasteiger partial charge in [-0.2, -0.15) is 0 Å². The third-order valence-electron chi connectivity index (χ3n) is 2.02. The molecule has 0 saturated carbocycles. The molecule has 0 saturated heterocycles. The molecule has 1 atom stereocenters. The van der Waals surface area contributed by atoms with E-state index in [1.165, 1.54) is 0 Å². The number of rotatable bonds is 3. The summed E-state index contributed by atoms with van der Waals surface area (Å²) < 4.78 is 38.3. The highest BCUT2D eigenvalue weighted by molar-refractivity contribution is 5.22. The summed E-state index contributed by atoms with van der Waals surface area (Å²) in [5, 5.41) is 2.83. The van der Waals surface area contributed by atoms with E-state index >= 15 is 0 Å². The Morgan fingerprint density at radius 2 is 1.87 bits per heavy atom. The van der Waals surface area contributed by atoms with Crippen molar-refractivity contribution >= 4 is 0 Å². The lowest BCUT2D eigenvalue weighted by atomic mass is 10.1. The Kier molecular flexibility index (Phi) is 3.75. The summed E-state index contributed by atoms with van der Waals surface area (Å²) in [4.78, 5) is 0. The Hall–Kier alpha value is -1.47. The lowest BCUT2D eigenvalue weighted by molar-refractivity contribution is 0.442. The van der Waals surface area contributed by atoms with E-state index in [1.54, 1.807) is 6.92 Å². The molecular formula is C11H10F3N. The highest BCUT2D eigenvalue weighted by atomic mass is 19.2. The monoisotopic (exact) mass is 213 g/mol. The molecule has 80 valence electrons. The van der Waals surface area contributed by atoms with Crippen LogP contribution in [0.3, 0.4) is 0 Å². The zero-order valence-electron chi connectivity index (χ0n) is 8.15. The maximum absolute atomic E-state index is 12.8. The minimum absolute atomic E-state index is 0.280. The molecule has 15 heavy (non-hydrogen) atoms. The van der Waals surface area contributed by atoms with Gasteiger partial charge in [0.15, 0.2) is 17.5 Å². The molecular weight excluding hydrogens is 203 g/mol. The Balaban J connectivity index is 2.91. The number of benzene rings is 1. The van der Waals surface area contributed by atoms with Crippen LogP contribution in [0.2, 0.25) is 0 Å². The van der Waals surface area contributed by atoms with Crippen LogP contribution in [-0.2, 0) is 0 Å². The Labute approximate surface area is 86.3 Å². The average molecular weight is 213 g/mol. The van der Waals surface area contributed by atoms with Crippen LogP contribution in [-0.4, -0.2) is 6.54 Å². The van der Waals surface area contributed by atoms with Crippen molar-refractivity contribution in [3.8, 4) is 12.3 Å². The van der Waals surface area contributed by atoms with Gasteiger partial charge in [0.2, 0.25) is 0 Å².